The number of rotatable bonds is 5. The van der Waals surface area contributed by atoms with Crippen molar-refractivity contribution in [1.29, 1.82) is 0 Å². The molecule has 2 aromatic carbocycles. The molecule has 23 heavy (non-hydrogen) atoms. The first-order valence-corrected chi connectivity index (χ1v) is 7.44. The van der Waals surface area contributed by atoms with Gasteiger partial charge in [-0.2, -0.15) is 0 Å². The SMILES string of the molecule is COc1ccc(NC(=O)Nc2ccccc2C(C)C)c(OC)c1. The van der Waals surface area contributed by atoms with Crippen molar-refractivity contribution < 1.29 is 14.3 Å². The van der Waals surface area contributed by atoms with Gasteiger partial charge < -0.3 is 20.1 Å². The van der Waals surface area contributed by atoms with Gasteiger partial charge in [-0.25, -0.2) is 4.79 Å². The Kier molecular flexibility index (Phi) is 5.46. The standard InChI is InChI=1S/C18H22N2O3/c1-12(2)14-7-5-6-8-15(14)19-18(21)20-16-10-9-13(22-3)11-17(16)23-4/h5-12H,1-4H3,(H2,19,20,21). The summed E-state index contributed by atoms with van der Waals surface area (Å²) in [6.45, 7) is 4.18. The van der Waals surface area contributed by atoms with E-state index in [1.54, 1.807) is 32.4 Å². The van der Waals surface area contributed by atoms with Crippen molar-refractivity contribution >= 4 is 17.4 Å². The van der Waals surface area contributed by atoms with Crippen LogP contribution in [-0.4, -0.2) is 20.3 Å². The number of carbonyl (C=O) groups is 1. The summed E-state index contributed by atoms with van der Waals surface area (Å²) in [4.78, 5) is 12.3. The summed E-state index contributed by atoms with van der Waals surface area (Å²) >= 11 is 0. The van der Waals surface area contributed by atoms with E-state index >= 15 is 0 Å². The molecule has 0 saturated heterocycles. The van der Waals surface area contributed by atoms with Crippen LogP contribution in [0.4, 0.5) is 16.2 Å². The molecule has 0 bridgehead atoms. The van der Waals surface area contributed by atoms with Crippen LogP contribution in [0.2, 0.25) is 0 Å². The van der Waals surface area contributed by atoms with Gasteiger partial charge in [0.25, 0.3) is 0 Å². The van der Waals surface area contributed by atoms with Crippen LogP contribution in [0, 0.1) is 0 Å². The average molecular weight is 314 g/mol. The first-order chi connectivity index (χ1) is 11.0. The second-order valence-corrected chi connectivity index (χ2v) is 5.39. The fourth-order valence-electron chi connectivity index (χ4n) is 2.29. The number of nitrogens with one attached hydrogen (secondary N) is 2. The molecular weight excluding hydrogens is 292 g/mol. The summed E-state index contributed by atoms with van der Waals surface area (Å²) in [7, 11) is 3.13. The monoisotopic (exact) mass is 314 g/mol. The van der Waals surface area contributed by atoms with E-state index in [4.69, 9.17) is 9.47 Å². The van der Waals surface area contributed by atoms with Crippen LogP contribution in [0.25, 0.3) is 0 Å². The molecule has 0 radical (unpaired) electrons. The number of urea groups is 1. The third-order valence-electron chi connectivity index (χ3n) is 3.49. The topological polar surface area (TPSA) is 59.6 Å². The zero-order valence-corrected chi connectivity index (χ0v) is 13.8. The van der Waals surface area contributed by atoms with Gasteiger partial charge in [0, 0.05) is 11.8 Å². The minimum atomic E-state index is -0.318. The Bertz CT molecular complexity index is 684. The molecule has 0 fully saturated rings. The number of carbonyl (C=O) groups excluding carboxylic acids is 1. The molecule has 2 rings (SSSR count). The van der Waals surface area contributed by atoms with Crippen molar-refractivity contribution in [3.8, 4) is 11.5 Å². The van der Waals surface area contributed by atoms with Gasteiger partial charge in [0.2, 0.25) is 0 Å². The maximum atomic E-state index is 12.3. The molecule has 0 aliphatic rings. The number of methoxy groups -OCH3 is 2. The lowest BCUT2D eigenvalue weighted by molar-refractivity contribution is 0.262. The van der Waals surface area contributed by atoms with Crippen molar-refractivity contribution in [2.75, 3.05) is 24.9 Å². The van der Waals surface area contributed by atoms with Crippen LogP contribution in [0.3, 0.4) is 0 Å². The molecule has 122 valence electrons. The van der Waals surface area contributed by atoms with E-state index in [0.29, 0.717) is 23.1 Å². The highest BCUT2D eigenvalue weighted by Crippen LogP contribution is 2.29. The normalized spacial score (nSPS) is 10.3. The number of anilines is 2. The predicted octanol–water partition coefficient (Wildman–Crippen LogP) is 4.47. The molecule has 0 aliphatic heterocycles. The summed E-state index contributed by atoms with van der Waals surface area (Å²) in [5, 5.41) is 5.68. The third kappa shape index (κ3) is 4.16. The minimum Gasteiger partial charge on any atom is -0.497 e. The fraction of sp³-hybridized carbons (Fsp3) is 0.278. The minimum absolute atomic E-state index is 0.318. The Morgan fingerprint density at radius 1 is 0.957 bits per heavy atom. The smallest absolute Gasteiger partial charge is 0.323 e. The number of amides is 2. The highest BCUT2D eigenvalue weighted by atomic mass is 16.5. The molecule has 0 aliphatic carbocycles. The Morgan fingerprint density at radius 2 is 1.65 bits per heavy atom. The summed E-state index contributed by atoms with van der Waals surface area (Å²) in [6.07, 6.45) is 0. The number of benzene rings is 2. The summed E-state index contributed by atoms with van der Waals surface area (Å²) in [5.41, 5.74) is 2.46. The second kappa shape index (κ2) is 7.54. The van der Waals surface area contributed by atoms with Gasteiger partial charge >= 0.3 is 6.03 Å². The number of hydrogen-bond donors (Lipinski definition) is 2. The molecular formula is C18H22N2O3. The molecule has 2 N–H and O–H groups in total. The maximum absolute atomic E-state index is 12.3. The highest BCUT2D eigenvalue weighted by Gasteiger charge is 2.11. The van der Waals surface area contributed by atoms with E-state index in [1.807, 2.05) is 24.3 Å². The van der Waals surface area contributed by atoms with E-state index in [9.17, 15) is 4.79 Å². The van der Waals surface area contributed by atoms with Crippen molar-refractivity contribution in [3.63, 3.8) is 0 Å². The van der Waals surface area contributed by atoms with E-state index in [0.717, 1.165) is 11.3 Å². The van der Waals surface area contributed by atoms with Gasteiger partial charge in [-0.05, 0) is 29.7 Å². The molecule has 0 atom stereocenters. The molecule has 0 unspecified atom stereocenters. The number of para-hydroxylation sites is 1. The van der Waals surface area contributed by atoms with Crippen LogP contribution in [-0.2, 0) is 0 Å². The van der Waals surface area contributed by atoms with E-state index in [2.05, 4.69) is 24.5 Å². The van der Waals surface area contributed by atoms with E-state index in [1.165, 1.54) is 0 Å². The summed E-state index contributed by atoms with van der Waals surface area (Å²) in [5.74, 6) is 1.52. The zero-order valence-electron chi connectivity index (χ0n) is 13.8. The largest absolute Gasteiger partial charge is 0.497 e. The highest BCUT2D eigenvalue weighted by molar-refractivity contribution is 6.01. The van der Waals surface area contributed by atoms with Gasteiger partial charge in [-0.3, -0.25) is 0 Å². The summed E-state index contributed by atoms with van der Waals surface area (Å²) in [6, 6.07) is 12.7. The van der Waals surface area contributed by atoms with Crippen molar-refractivity contribution in [2.45, 2.75) is 19.8 Å². The average Bonchev–Trinajstić information content (AvgIpc) is 2.55. The van der Waals surface area contributed by atoms with Gasteiger partial charge in [0.1, 0.15) is 11.5 Å². The molecule has 0 spiro atoms. The van der Waals surface area contributed by atoms with Crippen molar-refractivity contribution in [2.24, 2.45) is 0 Å². The first kappa shape index (κ1) is 16.7. The van der Waals surface area contributed by atoms with Gasteiger partial charge in [-0.1, -0.05) is 32.0 Å². The molecule has 0 saturated carbocycles. The van der Waals surface area contributed by atoms with Crippen LogP contribution in [0.5, 0.6) is 11.5 Å². The van der Waals surface area contributed by atoms with Crippen LogP contribution in [0.1, 0.15) is 25.3 Å². The molecule has 0 aromatic heterocycles. The Balaban J connectivity index is 2.14. The predicted molar refractivity (Wildman–Crippen MR) is 92.7 cm³/mol. The molecule has 2 amide bonds. The van der Waals surface area contributed by atoms with E-state index in [-0.39, 0.29) is 6.03 Å². The Labute approximate surface area is 136 Å². The molecule has 5 nitrogen and oxygen atoms in total. The lowest BCUT2D eigenvalue weighted by Gasteiger charge is -2.15. The van der Waals surface area contributed by atoms with Crippen molar-refractivity contribution in [3.05, 3.63) is 48.0 Å². The number of ether oxygens (including phenoxy) is 2. The number of hydrogen-bond acceptors (Lipinski definition) is 3. The van der Waals surface area contributed by atoms with Gasteiger partial charge in [0.05, 0.1) is 19.9 Å². The van der Waals surface area contributed by atoms with E-state index < -0.39 is 0 Å². The Morgan fingerprint density at radius 3 is 2.30 bits per heavy atom. The third-order valence-corrected chi connectivity index (χ3v) is 3.49. The van der Waals surface area contributed by atoms with Crippen molar-refractivity contribution in [1.82, 2.24) is 0 Å². The maximum Gasteiger partial charge on any atom is 0.323 e. The first-order valence-electron chi connectivity index (χ1n) is 7.44. The fourth-order valence-corrected chi connectivity index (χ4v) is 2.29. The lowest BCUT2D eigenvalue weighted by Crippen LogP contribution is -2.20. The molecule has 5 heteroatoms. The summed E-state index contributed by atoms with van der Waals surface area (Å²) < 4.78 is 10.4. The quantitative estimate of drug-likeness (QED) is 0.856. The van der Waals surface area contributed by atoms with Gasteiger partial charge in [-0.15, -0.1) is 0 Å². The molecule has 2 aromatic rings. The lowest BCUT2D eigenvalue weighted by atomic mass is 10.0. The Hall–Kier alpha value is -2.69. The second-order valence-electron chi connectivity index (χ2n) is 5.39. The van der Waals surface area contributed by atoms with Gasteiger partial charge in [0.15, 0.2) is 0 Å². The van der Waals surface area contributed by atoms with Crippen LogP contribution in [0.15, 0.2) is 42.5 Å². The van der Waals surface area contributed by atoms with Crippen LogP contribution >= 0.6 is 0 Å². The molecule has 0 heterocycles. The van der Waals surface area contributed by atoms with Crippen LogP contribution < -0.4 is 20.1 Å². The zero-order chi connectivity index (χ0) is 16.8.